The van der Waals surface area contributed by atoms with Crippen LogP contribution in [0.5, 0.6) is 0 Å². The van der Waals surface area contributed by atoms with E-state index >= 15 is 0 Å². The summed E-state index contributed by atoms with van der Waals surface area (Å²) >= 11 is 5.52. The lowest BCUT2D eigenvalue weighted by Gasteiger charge is -2.07. The third-order valence-corrected chi connectivity index (χ3v) is 1.91. The van der Waals surface area contributed by atoms with E-state index in [9.17, 15) is 13.2 Å². The molecule has 0 heterocycles. The molecule has 1 aromatic rings. The van der Waals surface area contributed by atoms with Crippen molar-refractivity contribution in [2.24, 2.45) is 0 Å². The summed E-state index contributed by atoms with van der Waals surface area (Å²) in [7, 11) is 0. The fourth-order valence-corrected chi connectivity index (χ4v) is 0.950. The first kappa shape index (κ1) is 14.3. The summed E-state index contributed by atoms with van der Waals surface area (Å²) in [6.45, 7) is 5.91. The van der Waals surface area contributed by atoms with Gasteiger partial charge in [0.25, 0.3) is 0 Å². The van der Waals surface area contributed by atoms with E-state index in [1.165, 1.54) is 12.5 Å². The second-order valence-corrected chi connectivity index (χ2v) is 3.58. The number of hydrogen-bond acceptors (Lipinski definition) is 0. The van der Waals surface area contributed by atoms with Crippen LogP contribution in [-0.4, -0.2) is 0 Å². The van der Waals surface area contributed by atoms with Crippen molar-refractivity contribution >= 4 is 11.6 Å². The minimum absolute atomic E-state index is 0.143. The van der Waals surface area contributed by atoms with Crippen molar-refractivity contribution < 1.29 is 13.2 Å². The van der Waals surface area contributed by atoms with Gasteiger partial charge in [-0.05, 0) is 24.6 Å². The van der Waals surface area contributed by atoms with Gasteiger partial charge in [-0.15, -0.1) is 0 Å². The molecular weight excluding hydrogens is 225 g/mol. The van der Waals surface area contributed by atoms with E-state index < -0.39 is 11.7 Å². The topological polar surface area (TPSA) is 0 Å². The molecule has 0 aliphatic rings. The van der Waals surface area contributed by atoms with E-state index in [1.807, 2.05) is 0 Å². The van der Waals surface area contributed by atoms with E-state index in [2.05, 4.69) is 13.8 Å². The predicted molar refractivity (Wildman–Crippen MR) is 57.2 cm³/mol. The number of alkyl halides is 3. The first-order valence-electron chi connectivity index (χ1n) is 4.66. The Hall–Kier alpha value is -0.700. The molecule has 1 aromatic carbocycles. The molecule has 0 bridgehead atoms. The monoisotopic (exact) mass is 238 g/mol. The van der Waals surface area contributed by atoms with Crippen molar-refractivity contribution in [3.05, 3.63) is 34.3 Å². The van der Waals surface area contributed by atoms with Crippen molar-refractivity contribution in [1.82, 2.24) is 0 Å². The fourth-order valence-electron chi connectivity index (χ4n) is 0.769. The van der Waals surface area contributed by atoms with Crippen LogP contribution < -0.4 is 0 Å². The zero-order valence-corrected chi connectivity index (χ0v) is 9.71. The van der Waals surface area contributed by atoms with E-state index in [4.69, 9.17) is 11.6 Å². The summed E-state index contributed by atoms with van der Waals surface area (Å²) in [6, 6.07) is 3.29. The predicted octanol–water partition coefficient (Wildman–Crippen LogP) is 5.08. The maximum absolute atomic E-state index is 12.0. The van der Waals surface area contributed by atoms with Gasteiger partial charge < -0.3 is 0 Å². The molecule has 0 nitrogen and oxygen atoms in total. The zero-order chi connectivity index (χ0) is 12.1. The molecule has 0 aliphatic heterocycles. The number of hydrogen-bond donors (Lipinski definition) is 0. The van der Waals surface area contributed by atoms with Crippen molar-refractivity contribution in [2.75, 3.05) is 0 Å². The van der Waals surface area contributed by atoms with E-state index in [0.717, 1.165) is 12.1 Å². The maximum Gasteiger partial charge on any atom is 0.416 e. The summed E-state index contributed by atoms with van der Waals surface area (Å²) in [6.07, 6.45) is -3.06. The van der Waals surface area contributed by atoms with Gasteiger partial charge in [-0.2, -0.15) is 13.2 Å². The second kappa shape index (κ2) is 6.01. The minimum Gasteiger partial charge on any atom is -0.166 e. The Morgan fingerprint density at radius 1 is 1.20 bits per heavy atom. The van der Waals surface area contributed by atoms with Gasteiger partial charge in [-0.3, -0.25) is 0 Å². The SMILES string of the molecule is CCC.Cc1ccc(C(F)(F)F)cc1Cl. The number of benzene rings is 1. The highest BCUT2D eigenvalue weighted by Crippen LogP contribution is 2.31. The van der Waals surface area contributed by atoms with Crippen molar-refractivity contribution in [2.45, 2.75) is 33.4 Å². The van der Waals surface area contributed by atoms with Crippen LogP contribution in [0.4, 0.5) is 13.2 Å². The molecule has 15 heavy (non-hydrogen) atoms. The number of halogens is 4. The van der Waals surface area contributed by atoms with Crippen molar-refractivity contribution in [3.8, 4) is 0 Å². The van der Waals surface area contributed by atoms with Crippen LogP contribution in [0.1, 0.15) is 31.4 Å². The van der Waals surface area contributed by atoms with Crippen molar-refractivity contribution in [3.63, 3.8) is 0 Å². The Morgan fingerprint density at radius 3 is 2.00 bits per heavy atom. The largest absolute Gasteiger partial charge is 0.416 e. The second-order valence-electron chi connectivity index (χ2n) is 3.17. The molecular formula is C11H14ClF3. The summed E-state index contributed by atoms with van der Waals surface area (Å²) in [4.78, 5) is 0. The van der Waals surface area contributed by atoms with Crippen LogP contribution in [0, 0.1) is 6.92 Å². The van der Waals surface area contributed by atoms with Gasteiger partial charge in [0.05, 0.1) is 5.56 Å². The summed E-state index contributed by atoms with van der Waals surface area (Å²) in [5.41, 5.74) is -0.0669. The zero-order valence-electron chi connectivity index (χ0n) is 8.95. The van der Waals surface area contributed by atoms with Gasteiger partial charge in [0.1, 0.15) is 0 Å². The number of rotatable bonds is 0. The van der Waals surface area contributed by atoms with E-state index in [0.29, 0.717) is 5.56 Å². The van der Waals surface area contributed by atoms with Crippen LogP contribution in [0.15, 0.2) is 18.2 Å². The molecule has 0 spiro atoms. The fraction of sp³-hybridized carbons (Fsp3) is 0.455. The lowest BCUT2D eigenvalue weighted by molar-refractivity contribution is -0.137. The van der Waals surface area contributed by atoms with Crippen LogP contribution in [0.2, 0.25) is 5.02 Å². The molecule has 0 unspecified atom stereocenters. The lowest BCUT2D eigenvalue weighted by atomic mass is 10.1. The molecule has 0 saturated heterocycles. The third-order valence-electron chi connectivity index (χ3n) is 1.50. The molecule has 0 aliphatic carbocycles. The highest BCUT2D eigenvalue weighted by atomic mass is 35.5. The Labute approximate surface area is 93.1 Å². The quantitative estimate of drug-likeness (QED) is 0.591. The molecule has 0 fully saturated rings. The maximum atomic E-state index is 12.0. The molecule has 0 N–H and O–H groups in total. The highest BCUT2D eigenvalue weighted by molar-refractivity contribution is 6.31. The molecule has 0 aromatic heterocycles. The van der Waals surface area contributed by atoms with Gasteiger partial charge >= 0.3 is 6.18 Å². The average molecular weight is 239 g/mol. The summed E-state index contributed by atoms with van der Waals surface area (Å²) in [5, 5.41) is 0.143. The average Bonchev–Trinajstić information content (AvgIpc) is 2.09. The van der Waals surface area contributed by atoms with E-state index in [1.54, 1.807) is 6.92 Å². The Bertz CT molecular complexity index is 305. The first-order chi connectivity index (χ1) is 6.82. The van der Waals surface area contributed by atoms with Crippen molar-refractivity contribution in [1.29, 1.82) is 0 Å². The Balaban J connectivity index is 0.000000583. The standard InChI is InChI=1S/C8H6ClF3.C3H8/c1-5-2-3-6(4-7(5)9)8(10,11)12;1-3-2/h2-4H,1H3;3H2,1-2H3. The van der Waals surface area contributed by atoms with Crippen LogP contribution >= 0.6 is 11.6 Å². The van der Waals surface area contributed by atoms with Gasteiger partial charge in [-0.25, -0.2) is 0 Å². The summed E-state index contributed by atoms with van der Waals surface area (Å²) < 4.78 is 36.1. The van der Waals surface area contributed by atoms with E-state index in [-0.39, 0.29) is 5.02 Å². The Morgan fingerprint density at radius 2 is 1.67 bits per heavy atom. The molecule has 0 amide bonds. The van der Waals surface area contributed by atoms with Gasteiger partial charge in [-0.1, -0.05) is 37.9 Å². The van der Waals surface area contributed by atoms with Crippen LogP contribution in [0.3, 0.4) is 0 Å². The third kappa shape index (κ3) is 5.07. The smallest absolute Gasteiger partial charge is 0.166 e. The highest BCUT2D eigenvalue weighted by Gasteiger charge is 2.30. The molecule has 0 radical (unpaired) electrons. The molecule has 0 atom stereocenters. The molecule has 86 valence electrons. The van der Waals surface area contributed by atoms with Gasteiger partial charge in [0, 0.05) is 5.02 Å². The van der Waals surface area contributed by atoms with Gasteiger partial charge in [0.15, 0.2) is 0 Å². The molecule has 0 saturated carbocycles. The molecule has 1 rings (SSSR count). The Kier molecular flexibility index (Phi) is 5.73. The normalized spacial score (nSPS) is 10.6. The van der Waals surface area contributed by atoms with Crippen LogP contribution in [0.25, 0.3) is 0 Å². The van der Waals surface area contributed by atoms with Gasteiger partial charge in [0.2, 0.25) is 0 Å². The molecule has 4 heteroatoms. The lowest BCUT2D eigenvalue weighted by Crippen LogP contribution is -2.04. The minimum atomic E-state index is -4.31. The number of aryl methyl sites for hydroxylation is 1. The summed E-state index contributed by atoms with van der Waals surface area (Å²) in [5.74, 6) is 0. The van der Waals surface area contributed by atoms with Crippen LogP contribution in [-0.2, 0) is 6.18 Å². The first-order valence-corrected chi connectivity index (χ1v) is 5.04.